The zero-order valence-electron chi connectivity index (χ0n) is 19.1. The standard InChI is InChI=1S/C26H47NO2/c1-2-3-4-5-6-7-8-9-10-11-12-13-14-15-16-17-18-19-20-21-22-24-23-25(28)27-26(24)29/h21-23,27-29H,2-20H2,1H3. The lowest BCUT2D eigenvalue weighted by Gasteiger charge is -2.03. The fourth-order valence-corrected chi connectivity index (χ4v) is 3.95. The maximum Gasteiger partial charge on any atom is 0.198 e. The number of hydrogen-bond donors (Lipinski definition) is 3. The smallest absolute Gasteiger partial charge is 0.198 e. The Bertz CT molecular complexity index is 507. The maximum atomic E-state index is 9.52. The Morgan fingerprint density at radius 3 is 1.45 bits per heavy atom. The van der Waals surface area contributed by atoms with Crippen LogP contribution in [0.25, 0.3) is 6.08 Å². The highest BCUT2D eigenvalue weighted by Gasteiger charge is 2.01. The summed E-state index contributed by atoms with van der Waals surface area (Å²) in [4.78, 5) is 2.48. The van der Waals surface area contributed by atoms with Gasteiger partial charge in [-0.05, 0) is 12.8 Å². The minimum Gasteiger partial charge on any atom is -0.494 e. The van der Waals surface area contributed by atoms with Crippen LogP contribution in [0.5, 0.6) is 11.8 Å². The molecule has 0 atom stereocenters. The van der Waals surface area contributed by atoms with Gasteiger partial charge in [-0.1, -0.05) is 128 Å². The number of rotatable bonds is 20. The number of hydrogen-bond acceptors (Lipinski definition) is 2. The molecule has 0 bridgehead atoms. The largest absolute Gasteiger partial charge is 0.494 e. The molecule has 3 heteroatoms. The number of aromatic nitrogens is 1. The summed E-state index contributed by atoms with van der Waals surface area (Å²) in [6, 6.07) is 1.54. The van der Waals surface area contributed by atoms with E-state index >= 15 is 0 Å². The van der Waals surface area contributed by atoms with Crippen molar-refractivity contribution in [1.29, 1.82) is 0 Å². The fourth-order valence-electron chi connectivity index (χ4n) is 3.95. The summed E-state index contributed by atoms with van der Waals surface area (Å²) in [6.07, 6.45) is 30.2. The number of allylic oxidation sites excluding steroid dienone is 1. The van der Waals surface area contributed by atoms with E-state index in [1.165, 1.54) is 116 Å². The number of aromatic amines is 1. The van der Waals surface area contributed by atoms with Gasteiger partial charge in [0.1, 0.15) is 0 Å². The Labute approximate surface area is 180 Å². The first kappa shape index (κ1) is 25.7. The molecule has 3 N–H and O–H groups in total. The highest BCUT2D eigenvalue weighted by Crippen LogP contribution is 2.23. The van der Waals surface area contributed by atoms with Crippen molar-refractivity contribution in [2.75, 3.05) is 0 Å². The molecule has 0 unspecified atom stereocenters. The third-order valence-electron chi connectivity index (χ3n) is 5.83. The Hall–Kier alpha value is -1.38. The van der Waals surface area contributed by atoms with Crippen molar-refractivity contribution in [3.05, 3.63) is 17.7 Å². The highest BCUT2D eigenvalue weighted by molar-refractivity contribution is 5.56. The van der Waals surface area contributed by atoms with Crippen molar-refractivity contribution in [3.8, 4) is 11.8 Å². The Morgan fingerprint density at radius 2 is 1.07 bits per heavy atom. The minimum absolute atomic E-state index is 0.00955. The first-order valence-electron chi connectivity index (χ1n) is 12.5. The monoisotopic (exact) mass is 405 g/mol. The molecule has 29 heavy (non-hydrogen) atoms. The Kier molecular flexibility index (Phi) is 16.5. The molecule has 0 aromatic carbocycles. The first-order valence-corrected chi connectivity index (χ1v) is 12.5. The van der Waals surface area contributed by atoms with Gasteiger partial charge in [0.05, 0.1) is 0 Å². The lowest BCUT2D eigenvalue weighted by atomic mass is 10.0. The lowest BCUT2D eigenvalue weighted by Crippen LogP contribution is -1.84. The number of nitrogens with one attached hydrogen (secondary N) is 1. The van der Waals surface area contributed by atoms with Gasteiger partial charge in [-0.2, -0.15) is 0 Å². The molecule has 1 aromatic rings. The van der Waals surface area contributed by atoms with Gasteiger partial charge in [-0.3, -0.25) is 4.98 Å². The van der Waals surface area contributed by atoms with Crippen molar-refractivity contribution in [2.45, 2.75) is 129 Å². The van der Waals surface area contributed by atoms with Crippen molar-refractivity contribution in [2.24, 2.45) is 0 Å². The van der Waals surface area contributed by atoms with Crippen molar-refractivity contribution >= 4 is 6.08 Å². The van der Waals surface area contributed by atoms with Gasteiger partial charge in [-0.25, -0.2) is 0 Å². The van der Waals surface area contributed by atoms with Crippen molar-refractivity contribution in [3.63, 3.8) is 0 Å². The van der Waals surface area contributed by atoms with Crippen LogP contribution in [0.4, 0.5) is 0 Å². The molecule has 0 saturated carbocycles. The van der Waals surface area contributed by atoms with E-state index in [9.17, 15) is 10.2 Å². The molecule has 168 valence electrons. The second-order valence-corrected chi connectivity index (χ2v) is 8.66. The van der Waals surface area contributed by atoms with E-state index in [-0.39, 0.29) is 11.8 Å². The van der Waals surface area contributed by atoms with Crippen LogP contribution in [0, 0.1) is 0 Å². The summed E-state index contributed by atoms with van der Waals surface area (Å²) in [7, 11) is 0. The summed E-state index contributed by atoms with van der Waals surface area (Å²) in [6.45, 7) is 2.29. The van der Waals surface area contributed by atoms with Crippen LogP contribution in [0.2, 0.25) is 0 Å². The molecule has 0 saturated heterocycles. The van der Waals surface area contributed by atoms with Gasteiger partial charge in [0.15, 0.2) is 11.8 Å². The van der Waals surface area contributed by atoms with Gasteiger partial charge in [0.25, 0.3) is 0 Å². The summed E-state index contributed by atoms with van der Waals surface area (Å²) < 4.78 is 0. The van der Waals surface area contributed by atoms with E-state index in [1.807, 2.05) is 6.08 Å². The maximum absolute atomic E-state index is 9.52. The van der Waals surface area contributed by atoms with Crippen LogP contribution in [0.3, 0.4) is 0 Å². The molecule has 0 amide bonds. The molecule has 0 spiro atoms. The van der Waals surface area contributed by atoms with E-state index in [0.717, 1.165) is 6.42 Å². The summed E-state index contributed by atoms with van der Waals surface area (Å²) in [5.74, 6) is 0.0480. The Morgan fingerprint density at radius 1 is 0.655 bits per heavy atom. The van der Waals surface area contributed by atoms with Crippen LogP contribution in [0.1, 0.15) is 134 Å². The van der Waals surface area contributed by atoms with Crippen molar-refractivity contribution in [1.82, 2.24) is 4.98 Å². The fraction of sp³-hybridized carbons (Fsp3) is 0.769. The van der Waals surface area contributed by atoms with E-state index in [4.69, 9.17) is 0 Å². The van der Waals surface area contributed by atoms with Crippen LogP contribution in [-0.4, -0.2) is 15.2 Å². The summed E-state index contributed by atoms with van der Waals surface area (Å²) in [5.41, 5.74) is 0.657. The normalized spacial score (nSPS) is 11.6. The molecular weight excluding hydrogens is 358 g/mol. The van der Waals surface area contributed by atoms with Crippen molar-refractivity contribution < 1.29 is 10.2 Å². The van der Waals surface area contributed by atoms with E-state index in [2.05, 4.69) is 18.0 Å². The molecule has 0 aliphatic rings. The third-order valence-corrected chi connectivity index (χ3v) is 5.83. The predicted octanol–water partition coefficient (Wildman–Crippen LogP) is 8.87. The molecule has 0 aliphatic carbocycles. The van der Waals surface area contributed by atoms with Crippen LogP contribution < -0.4 is 0 Å². The molecule has 3 nitrogen and oxygen atoms in total. The predicted molar refractivity (Wildman–Crippen MR) is 127 cm³/mol. The van der Waals surface area contributed by atoms with Crippen LogP contribution in [-0.2, 0) is 0 Å². The van der Waals surface area contributed by atoms with E-state index < -0.39 is 0 Å². The lowest BCUT2D eigenvalue weighted by molar-refractivity contribution is 0.425. The molecule has 1 heterocycles. The van der Waals surface area contributed by atoms with Gasteiger partial charge < -0.3 is 10.2 Å². The average molecular weight is 406 g/mol. The first-order chi connectivity index (χ1) is 14.2. The van der Waals surface area contributed by atoms with Gasteiger partial charge in [0, 0.05) is 11.6 Å². The second kappa shape index (κ2) is 18.6. The number of H-pyrrole nitrogens is 1. The number of aromatic hydroxyl groups is 2. The van der Waals surface area contributed by atoms with Gasteiger partial charge in [-0.15, -0.1) is 0 Å². The molecule has 0 radical (unpaired) electrons. The summed E-state index contributed by atoms with van der Waals surface area (Å²) in [5, 5.41) is 18.8. The summed E-state index contributed by atoms with van der Waals surface area (Å²) >= 11 is 0. The molecule has 1 rings (SSSR count). The molecule has 0 aliphatic heterocycles. The zero-order valence-corrected chi connectivity index (χ0v) is 19.1. The van der Waals surface area contributed by atoms with E-state index in [1.54, 1.807) is 6.07 Å². The van der Waals surface area contributed by atoms with E-state index in [0.29, 0.717) is 5.56 Å². The van der Waals surface area contributed by atoms with Crippen LogP contribution in [0.15, 0.2) is 12.1 Å². The van der Waals surface area contributed by atoms with Crippen LogP contribution >= 0.6 is 0 Å². The molecule has 1 aromatic heterocycles. The second-order valence-electron chi connectivity index (χ2n) is 8.66. The topological polar surface area (TPSA) is 56.2 Å². The molecular formula is C26H47NO2. The quantitative estimate of drug-likeness (QED) is 0.190. The Balaban J connectivity index is 1.74. The zero-order chi connectivity index (χ0) is 21.0. The minimum atomic E-state index is 0.00955. The van der Waals surface area contributed by atoms with Gasteiger partial charge in [0.2, 0.25) is 0 Å². The highest BCUT2D eigenvalue weighted by atomic mass is 16.3. The number of unbranched alkanes of at least 4 members (excludes halogenated alkanes) is 18. The van der Waals surface area contributed by atoms with Gasteiger partial charge >= 0.3 is 0 Å². The SMILES string of the molecule is CCCCCCCCCCCCCCCCCCCCC=Cc1cc(O)[nH]c1O. The molecule has 0 fully saturated rings. The third kappa shape index (κ3) is 15.2. The average Bonchev–Trinajstić information content (AvgIpc) is 3.03.